The average molecular weight is 452 g/mol. The first-order valence-electron chi connectivity index (χ1n) is 8.14. The van der Waals surface area contributed by atoms with E-state index in [2.05, 4.69) is 34.4 Å². The van der Waals surface area contributed by atoms with E-state index >= 15 is 0 Å². The predicted octanol–water partition coefficient (Wildman–Crippen LogP) is 3.12. The van der Waals surface area contributed by atoms with Crippen molar-refractivity contribution in [1.29, 1.82) is 0 Å². The van der Waals surface area contributed by atoms with Crippen LogP contribution in [0.5, 0.6) is 0 Å². The van der Waals surface area contributed by atoms with Crippen LogP contribution >= 0.6 is 24.0 Å². The molecule has 0 unspecified atom stereocenters. The van der Waals surface area contributed by atoms with Gasteiger partial charge >= 0.3 is 0 Å². The Morgan fingerprint density at radius 1 is 1.29 bits per heavy atom. The Balaban J connectivity index is 0.00000288. The van der Waals surface area contributed by atoms with Crippen molar-refractivity contribution in [3.05, 3.63) is 35.4 Å². The summed E-state index contributed by atoms with van der Waals surface area (Å²) >= 11 is 0. The van der Waals surface area contributed by atoms with E-state index in [9.17, 15) is 8.78 Å². The number of likely N-dealkylation sites (tertiary alicyclic amines) is 1. The van der Waals surface area contributed by atoms with Gasteiger partial charge in [-0.3, -0.25) is 4.99 Å². The lowest BCUT2D eigenvalue weighted by atomic mass is 10.0. The Hall–Kier alpha value is -0.960. The highest BCUT2D eigenvalue weighted by atomic mass is 127. The predicted molar refractivity (Wildman–Crippen MR) is 105 cm³/mol. The smallest absolute Gasteiger partial charge is 0.191 e. The van der Waals surface area contributed by atoms with E-state index in [0.717, 1.165) is 38.1 Å². The van der Waals surface area contributed by atoms with Gasteiger partial charge in [0.15, 0.2) is 5.96 Å². The summed E-state index contributed by atoms with van der Waals surface area (Å²) in [7, 11) is 1.68. The van der Waals surface area contributed by atoms with E-state index in [4.69, 9.17) is 0 Å². The molecule has 1 aromatic rings. The van der Waals surface area contributed by atoms with Crippen LogP contribution in [-0.4, -0.2) is 43.1 Å². The number of hydrogen-bond acceptors (Lipinski definition) is 2. The molecular weight excluding hydrogens is 425 g/mol. The summed E-state index contributed by atoms with van der Waals surface area (Å²) in [6, 6.07) is 4.40. The van der Waals surface area contributed by atoms with Gasteiger partial charge in [0.2, 0.25) is 0 Å². The number of aliphatic imine (C=N–C) groups is 1. The molecule has 0 amide bonds. The van der Waals surface area contributed by atoms with Crippen LogP contribution in [0, 0.1) is 11.6 Å². The lowest BCUT2D eigenvalue weighted by Gasteiger charge is -2.35. The fraction of sp³-hybridized carbons (Fsp3) is 0.588. The van der Waals surface area contributed by atoms with E-state index < -0.39 is 11.6 Å². The quantitative estimate of drug-likeness (QED) is 0.419. The Bertz CT molecular complexity index is 543. The summed E-state index contributed by atoms with van der Waals surface area (Å²) in [6.45, 7) is 6.74. The molecule has 2 N–H and O–H groups in total. The number of nitrogens with one attached hydrogen (secondary N) is 2. The molecule has 1 heterocycles. The SMILES string of the molecule is CN=C(NCc1cc(F)ccc1F)NC1CCN(C(C)C)CC1.I. The van der Waals surface area contributed by atoms with Crippen LogP contribution in [0.4, 0.5) is 8.78 Å². The molecule has 0 spiro atoms. The topological polar surface area (TPSA) is 39.7 Å². The summed E-state index contributed by atoms with van der Waals surface area (Å²) in [6.07, 6.45) is 2.10. The van der Waals surface area contributed by atoms with Gasteiger partial charge in [0.25, 0.3) is 0 Å². The zero-order valence-electron chi connectivity index (χ0n) is 14.5. The van der Waals surface area contributed by atoms with Crippen LogP contribution < -0.4 is 10.6 Å². The van der Waals surface area contributed by atoms with Gasteiger partial charge in [-0.15, -0.1) is 24.0 Å². The number of hydrogen-bond donors (Lipinski definition) is 2. The van der Waals surface area contributed by atoms with Crippen LogP contribution in [0.1, 0.15) is 32.3 Å². The number of nitrogens with zero attached hydrogens (tertiary/aromatic N) is 2. The molecule has 1 fully saturated rings. The van der Waals surface area contributed by atoms with Crippen molar-refractivity contribution in [3.63, 3.8) is 0 Å². The van der Waals surface area contributed by atoms with Crippen molar-refractivity contribution in [2.75, 3.05) is 20.1 Å². The second-order valence-corrected chi connectivity index (χ2v) is 6.21. The lowest BCUT2D eigenvalue weighted by Crippen LogP contribution is -2.49. The van der Waals surface area contributed by atoms with Crippen LogP contribution in [0.25, 0.3) is 0 Å². The summed E-state index contributed by atoms with van der Waals surface area (Å²) in [5.41, 5.74) is 0.294. The molecular formula is C17H27F2IN4. The lowest BCUT2D eigenvalue weighted by molar-refractivity contribution is 0.167. The molecule has 1 aliphatic rings. The van der Waals surface area contributed by atoms with Crippen LogP contribution in [0.3, 0.4) is 0 Å². The molecule has 0 bridgehead atoms. The average Bonchev–Trinajstić information content (AvgIpc) is 2.54. The fourth-order valence-electron chi connectivity index (χ4n) is 2.81. The number of halogens is 3. The second-order valence-electron chi connectivity index (χ2n) is 6.21. The maximum atomic E-state index is 13.6. The molecule has 0 aliphatic carbocycles. The molecule has 0 aromatic heterocycles. The first-order valence-corrected chi connectivity index (χ1v) is 8.14. The van der Waals surface area contributed by atoms with Crippen molar-refractivity contribution in [2.24, 2.45) is 4.99 Å². The Kier molecular flexibility index (Phi) is 8.90. The van der Waals surface area contributed by atoms with Crippen molar-refractivity contribution < 1.29 is 8.78 Å². The molecule has 1 aliphatic heterocycles. The molecule has 0 atom stereocenters. The third-order valence-electron chi connectivity index (χ3n) is 4.28. The number of rotatable bonds is 4. The van der Waals surface area contributed by atoms with Crippen LogP contribution in [0.15, 0.2) is 23.2 Å². The highest BCUT2D eigenvalue weighted by molar-refractivity contribution is 14.0. The van der Waals surface area contributed by atoms with Gasteiger partial charge in [-0.2, -0.15) is 0 Å². The van der Waals surface area contributed by atoms with Crippen LogP contribution in [0.2, 0.25) is 0 Å². The Morgan fingerprint density at radius 2 is 1.96 bits per heavy atom. The van der Waals surface area contributed by atoms with Gasteiger partial charge in [0.05, 0.1) is 0 Å². The van der Waals surface area contributed by atoms with Gasteiger partial charge in [-0.05, 0) is 44.9 Å². The number of guanidine groups is 1. The van der Waals surface area contributed by atoms with Crippen LogP contribution in [-0.2, 0) is 6.54 Å². The third kappa shape index (κ3) is 6.16. The molecule has 24 heavy (non-hydrogen) atoms. The minimum atomic E-state index is -0.438. The molecule has 0 radical (unpaired) electrons. The van der Waals surface area contributed by atoms with Gasteiger partial charge in [0, 0.05) is 44.3 Å². The fourth-order valence-corrected chi connectivity index (χ4v) is 2.81. The van der Waals surface area contributed by atoms with Gasteiger partial charge in [-0.25, -0.2) is 8.78 Å². The molecule has 136 valence electrons. The maximum Gasteiger partial charge on any atom is 0.191 e. The van der Waals surface area contributed by atoms with E-state index in [-0.39, 0.29) is 30.5 Å². The molecule has 1 saturated heterocycles. The summed E-state index contributed by atoms with van der Waals surface area (Å²) in [4.78, 5) is 6.62. The normalized spacial score (nSPS) is 16.8. The standard InChI is InChI=1S/C17H26F2N4.HI/c1-12(2)23-8-6-15(7-9-23)22-17(20-3)21-11-13-10-14(18)4-5-16(13)19;/h4-5,10,12,15H,6-9,11H2,1-3H3,(H2,20,21,22);1H. The minimum absolute atomic E-state index is 0. The highest BCUT2D eigenvalue weighted by Gasteiger charge is 2.21. The Labute approximate surface area is 160 Å². The minimum Gasteiger partial charge on any atom is -0.354 e. The number of piperidine rings is 1. The first-order chi connectivity index (χ1) is 11.0. The van der Waals surface area contributed by atoms with Gasteiger partial charge < -0.3 is 15.5 Å². The van der Waals surface area contributed by atoms with Crippen molar-refractivity contribution in [2.45, 2.75) is 45.3 Å². The summed E-state index contributed by atoms with van der Waals surface area (Å²) in [5.74, 6) is -0.233. The maximum absolute atomic E-state index is 13.6. The largest absolute Gasteiger partial charge is 0.354 e. The summed E-state index contributed by atoms with van der Waals surface area (Å²) in [5, 5.41) is 6.42. The molecule has 1 aromatic carbocycles. The number of benzene rings is 1. The van der Waals surface area contributed by atoms with Gasteiger partial charge in [0.1, 0.15) is 11.6 Å². The monoisotopic (exact) mass is 452 g/mol. The van der Waals surface area contributed by atoms with Gasteiger partial charge in [-0.1, -0.05) is 0 Å². The summed E-state index contributed by atoms with van der Waals surface area (Å²) < 4.78 is 26.8. The first kappa shape index (κ1) is 21.1. The van der Waals surface area contributed by atoms with E-state index in [0.29, 0.717) is 23.6 Å². The van der Waals surface area contributed by atoms with E-state index in [1.807, 2.05) is 0 Å². The zero-order valence-corrected chi connectivity index (χ0v) is 16.8. The zero-order chi connectivity index (χ0) is 16.8. The molecule has 7 heteroatoms. The molecule has 4 nitrogen and oxygen atoms in total. The highest BCUT2D eigenvalue weighted by Crippen LogP contribution is 2.13. The van der Waals surface area contributed by atoms with Crippen molar-refractivity contribution in [3.8, 4) is 0 Å². The molecule has 2 rings (SSSR count). The Morgan fingerprint density at radius 3 is 2.54 bits per heavy atom. The third-order valence-corrected chi connectivity index (χ3v) is 4.28. The van der Waals surface area contributed by atoms with E-state index in [1.165, 1.54) is 6.07 Å². The second kappa shape index (κ2) is 10.1. The molecule has 0 saturated carbocycles. The van der Waals surface area contributed by atoms with Crippen molar-refractivity contribution in [1.82, 2.24) is 15.5 Å². The van der Waals surface area contributed by atoms with E-state index in [1.54, 1.807) is 7.05 Å². The van der Waals surface area contributed by atoms with Crippen molar-refractivity contribution >= 4 is 29.9 Å².